The van der Waals surface area contributed by atoms with Crippen LogP contribution >= 0.6 is 11.3 Å². The number of nitrogens with one attached hydrogen (secondary N) is 2. The maximum atomic E-state index is 12.4. The van der Waals surface area contributed by atoms with Gasteiger partial charge in [0.05, 0.1) is 23.4 Å². The molecule has 0 saturated carbocycles. The maximum absolute atomic E-state index is 12.4. The molecule has 2 rings (SSSR count). The Balaban J connectivity index is 2.09. The highest BCUT2D eigenvalue weighted by Gasteiger charge is 2.26. The molecule has 2 aromatic rings. The molecule has 2 atom stereocenters. The van der Waals surface area contributed by atoms with Crippen LogP contribution in [-0.4, -0.2) is 30.1 Å². The van der Waals surface area contributed by atoms with Gasteiger partial charge < -0.3 is 15.4 Å². The molecule has 1 unspecified atom stereocenters. The molecule has 6 nitrogen and oxygen atoms in total. The van der Waals surface area contributed by atoms with Gasteiger partial charge in [0.15, 0.2) is 0 Å². The Kier molecular flexibility index (Phi) is 5.54. The molecule has 0 fully saturated rings. The van der Waals surface area contributed by atoms with E-state index in [2.05, 4.69) is 20.4 Å². The highest BCUT2D eigenvalue weighted by atomic mass is 32.1. The van der Waals surface area contributed by atoms with Gasteiger partial charge >= 0.3 is 6.09 Å². The molecule has 0 spiro atoms. The number of carbonyl (C=O) groups is 2. The third-order valence-electron chi connectivity index (χ3n) is 3.45. The number of methoxy groups -OCH3 is 1. The number of hydrogen-bond donors (Lipinski definition) is 2. The molecule has 23 heavy (non-hydrogen) atoms. The first-order valence-electron chi connectivity index (χ1n) is 7.42. The molecule has 0 aliphatic carbocycles. The highest BCUT2D eigenvalue weighted by Crippen LogP contribution is 2.26. The van der Waals surface area contributed by atoms with Gasteiger partial charge in [0, 0.05) is 0 Å². The summed E-state index contributed by atoms with van der Waals surface area (Å²) >= 11 is 1.55. The SMILES string of the molecule is COC(=O)N[C@H](C(=O)NC(C)c1nc2ccccc2s1)C(C)C. The van der Waals surface area contributed by atoms with Crippen molar-refractivity contribution >= 4 is 33.6 Å². The zero-order valence-electron chi connectivity index (χ0n) is 13.6. The minimum absolute atomic E-state index is 0.0586. The summed E-state index contributed by atoms with van der Waals surface area (Å²) in [7, 11) is 1.27. The molecular weight excluding hydrogens is 314 g/mol. The fraction of sp³-hybridized carbons (Fsp3) is 0.438. The molecule has 0 aliphatic rings. The smallest absolute Gasteiger partial charge is 0.407 e. The van der Waals surface area contributed by atoms with Crippen molar-refractivity contribution in [2.75, 3.05) is 7.11 Å². The third-order valence-corrected chi connectivity index (χ3v) is 4.67. The molecular formula is C16H21N3O3S. The van der Waals surface area contributed by atoms with Crippen molar-refractivity contribution in [3.05, 3.63) is 29.3 Å². The number of hydrogen-bond acceptors (Lipinski definition) is 5. The Hall–Kier alpha value is -2.15. The van der Waals surface area contributed by atoms with Crippen molar-refractivity contribution in [3.8, 4) is 0 Å². The topological polar surface area (TPSA) is 80.3 Å². The van der Waals surface area contributed by atoms with Gasteiger partial charge in [0.2, 0.25) is 5.91 Å². The molecule has 1 aromatic carbocycles. The van der Waals surface area contributed by atoms with E-state index < -0.39 is 12.1 Å². The van der Waals surface area contributed by atoms with Crippen LogP contribution in [0.1, 0.15) is 31.8 Å². The quantitative estimate of drug-likeness (QED) is 0.880. The van der Waals surface area contributed by atoms with Gasteiger partial charge in [-0.05, 0) is 25.0 Å². The molecule has 2 N–H and O–H groups in total. The largest absolute Gasteiger partial charge is 0.453 e. The van der Waals surface area contributed by atoms with Gasteiger partial charge in [0.25, 0.3) is 0 Å². The maximum Gasteiger partial charge on any atom is 0.407 e. The summed E-state index contributed by atoms with van der Waals surface area (Å²) in [6.07, 6.45) is -0.619. The van der Waals surface area contributed by atoms with Gasteiger partial charge in [-0.15, -0.1) is 11.3 Å². The molecule has 124 valence electrons. The zero-order valence-corrected chi connectivity index (χ0v) is 14.4. The van der Waals surface area contributed by atoms with Crippen LogP contribution in [0.2, 0.25) is 0 Å². The van der Waals surface area contributed by atoms with Gasteiger partial charge in [0.1, 0.15) is 11.0 Å². The fourth-order valence-corrected chi connectivity index (χ4v) is 3.13. The van der Waals surface area contributed by atoms with Crippen molar-refractivity contribution in [3.63, 3.8) is 0 Å². The van der Waals surface area contributed by atoms with Crippen LogP contribution in [0.4, 0.5) is 4.79 Å². The normalized spacial score (nSPS) is 13.6. The predicted molar refractivity (Wildman–Crippen MR) is 90.3 cm³/mol. The van der Waals surface area contributed by atoms with Gasteiger partial charge in [-0.1, -0.05) is 26.0 Å². The molecule has 0 bridgehead atoms. The zero-order chi connectivity index (χ0) is 17.0. The Morgan fingerprint density at radius 2 is 1.87 bits per heavy atom. The lowest BCUT2D eigenvalue weighted by Crippen LogP contribution is -2.50. The van der Waals surface area contributed by atoms with Crippen LogP contribution < -0.4 is 10.6 Å². The van der Waals surface area contributed by atoms with Crippen LogP contribution in [-0.2, 0) is 9.53 Å². The summed E-state index contributed by atoms with van der Waals surface area (Å²) in [6, 6.07) is 6.95. The molecule has 1 aromatic heterocycles. The van der Waals surface area contributed by atoms with E-state index >= 15 is 0 Å². The number of benzene rings is 1. The summed E-state index contributed by atoms with van der Waals surface area (Å²) in [5.41, 5.74) is 0.918. The van der Waals surface area contributed by atoms with E-state index in [9.17, 15) is 9.59 Å². The highest BCUT2D eigenvalue weighted by molar-refractivity contribution is 7.18. The second-order valence-corrected chi connectivity index (χ2v) is 6.67. The van der Waals surface area contributed by atoms with Crippen molar-refractivity contribution in [2.45, 2.75) is 32.9 Å². The lowest BCUT2D eigenvalue weighted by atomic mass is 10.0. The van der Waals surface area contributed by atoms with Crippen LogP contribution in [0.25, 0.3) is 10.2 Å². The Morgan fingerprint density at radius 3 is 2.48 bits per heavy atom. The first kappa shape index (κ1) is 17.2. The van der Waals surface area contributed by atoms with Crippen LogP contribution in [0.5, 0.6) is 0 Å². The van der Waals surface area contributed by atoms with E-state index in [0.717, 1.165) is 15.2 Å². The summed E-state index contributed by atoms with van der Waals surface area (Å²) in [5, 5.41) is 6.30. The second kappa shape index (κ2) is 7.41. The van der Waals surface area contributed by atoms with E-state index in [0.29, 0.717) is 0 Å². The number of nitrogens with zero attached hydrogens (tertiary/aromatic N) is 1. The summed E-state index contributed by atoms with van der Waals surface area (Å²) in [4.78, 5) is 28.3. The summed E-state index contributed by atoms with van der Waals surface area (Å²) in [5.74, 6) is -0.311. The number of ether oxygens (including phenoxy) is 1. The van der Waals surface area contributed by atoms with E-state index in [-0.39, 0.29) is 17.9 Å². The number of amides is 2. The Morgan fingerprint density at radius 1 is 1.17 bits per heavy atom. The number of carbonyl (C=O) groups excluding carboxylic acids is 2. The molecule has 2 amide bonds. The van der Waals surface area contributed by atoms with Gasteiger partial charge in [-0.2, -0.15) is 0 Å². The number of fused-ring (bicyclic) bond motifs is 1. The molecule has 7 heteroatoms. The Labute approximate surface area is 139 Å². The van der Waals surface area contributed by atoms with E-state index in [1.54, 1.807) is 11.3 Å². The van der Waals surface area contributed by atoms with Crippen LogP contribution in [0.15, 0.2) is 24.3 Å². The first-order valence-corrected chi connectivity index (χ1v) is 8.24. The fourth-order valence-electron chi connectivity index (χ4n) is 2.16. The van der Waals surface area contributed by atoms with Gasteiger partial charge in [-0.25, -0.2) is 9.78 Å². The van der Waals surface area contributed by atoms with Crippen molar-refractivity contribution < 1.29 is 14.3 Å². The molecule has 0 aliphatic heterocycles. The number of rotatable bonds is 5. The summed E-state index contributed by atoms with van der Waals surface area (Å²) in [6.45, 7) is 5.61. The summed E-state index contributed by atoms with van der Waals surface area (Å²) < 4.78 is 5.65. The Bertz CT molecular complexity index is 666. The van der Waals surface area contributed by atoms with E-state index in [4.69, 9.17) is 0 Å². The number of alkyl carbamates (subject to hydrolysis) is 1. The van der Waals surface area contributed by atoms with Crippen molar-refractivity contribution in [1.29, 1.82) is 0 Å². The number of aromatic nitrogens is 1. The lowest BCUT2D eigenvalue weighted by molar-refractivity contribution is -0.124. The van der Waals surface area contributed by atoms with Gasteiger partial charge in [-0.3, -0.25) is 4.79 Å². The second-order valence-electron chi connectivity index (χ2n) is 5.61. The first-order chi connectivity index (χ1) is 10.9. The molecule has 0 radical (unpaired) electrons. The average molecular weight is 335 g/mol. The van der Waals surface area contributed by atoms with E-state index in [1.165, 1.54) is 7.11 Å². The lowest BCUT2D eigenvalue weighted by Gasteiger charge is -2.22. The standard InChI is InChI=1S/C16H21N3O3S/c1-9(2)13(19-16(21)22-4)14(20)17-10(3)15-18-11-7-5-6-8-12(11)23-15/h5-10,13H,1-4H3,(H,17,20)(H,19,21)/t10?,13-/m0/s1. The predicted octanol–water partition coefficient (Wildman–Crippen LogP) is 2.85. The molecule has 1 heterocycles. The van der Waals surface area contributed by atoms with Crippen molar-refractivity contribution in [1.82, 2.24) is 15.6 Å². The monoisotopic (exact) mass is 335 g/mol. The third kappa shape index (κ3) is 4.19. The molecule has 0 saturated heterocycles. The van der Waals surface area contributed by atoms with Crippen LogP contribution in [0, 0.1) is 5.92 Å². The number of para-hydroxylation sites is 1. The average Bonchev–Trinajstić information content (AvgIpc) is 2.95. The minimum Gasteiger partial charge on any atom is -0.453 e. The number of thiazole rings is 1. The van der Waals surface area contributed by atoms with Crippen LogP contribution in [0.3, 0.4) is 0 Å². The van der Waals surface area contributed by atoms with E-state index in [1.807, 2.05) is 45.0 Å². The van der Waals surface area contributed by atoms with Crippen molar-refractivity contribution in [2.24, 2.45) is 5.92 Å². The minimum atomic E-state index is -0.653.